The van der Waals surface area contributed by atoms with E-state index in [1.54, 1.807) is 0 Å². The van der Waals surface area contributed by atoms with Crippen LogP contribution in [0.25, 0.3) is 0 Å². The van der Waals surface area contributed by atoms with Gasteiger partial charge in [-0.15, -0.1) is 9.24 Å². The van der Waals surface area contributed by atoms with Crippen LogP contribution in [0, 0.1) is 10.8 Å². The predicted octanol–water partition coefficient (Wildman–Crippen LogP) is 5.37. The lowest BCUT2D eigenvalue weighted by Gasteiger charge is -2.46. The first-order valence-corrected chi connectivity index (χ1v) is 8.65. The highest BCUT2D eigenvalue weighted by Gasteiger charge is 2.40. The molecule has 0 aromatic rings. The maximum Gasteiger partial charge on any atom is 0.220 e. The van der Waals surface area contributed by atoms with Crippen molar-refractivity contribution in [2.24, 2.45) is 10.8 Å². The van der Waals surface area contributed by atoms with Gasteiger partial charge in [0.05, 0.1) is 5.28 Å². The van der Waals surface area contributed by atoms with Gasteiger partial charge >= 0.3 is 0 Å². The monoisotopic (exact) mass is 303 g/mol. The topological polar surface area (TPSA) is 29.1 Å². The average molecular weight is 303 g/mol. The number of carbonyl (C=O) groups excluding carboxylic acids is 1. The molecule has 0 bridgehead atoms. The molecule has 0 aromatic carbocycles. The van der Waals surface area contributed by atoms with E-state index >= 15 is 0 Å². The van der Waals surface area contributed by atoms with Crippen molar-refractivity contribution in [3.8, 4) is 0 Å². The van der Waals surface area contributed by atoms with Crippen molar-refractivity contribution in [1.29, 1.82) is 0 Å². The summed E-state index contributed by atoms with van der Waals surface area (Å²) in [4.78, 5) is 11.6. The first-order chi connectivity index (χ1) is 8.97. The molecule has 2 nitrogen and oxygen atoms in total. The van der Waals surface area contributed by atoms with Crippen molar-refractivity contribution in [2.45, 2.75) is 93.3 Å². The van der Waals surface area contributed by atoms with Crippen LogP contribution in [0.2, 0.25) is 0 Å². The zero-order valence-corrected chi connectivity index (χ0v) is 16.5. The van der Waals surface area contributed by atoms with Crippen molar-refractivity contribution in [3.05, 3.63) is 0 Å². The van der Waals surface area contributed by atoms with E-state index in [0.29, 0.717) is 6.42 Å². The molecule has 122 valence electrons. The van der Waals surface area contributed by atoms with Gasteiger partial charge in [0, 0.05) is 6.42 Å². The summed E-state index contributed by atoms with van der Waals surface area (Å²) in [6, 6.07) is 0. The zero-order valence-electron chi connectivity index (χ0n) is 15.3. The Balaban J connectivity index is 0. The molecule has 1 N–H and O–H groups in total. The van der Waals surface area contributed by atoms with E-state index in [2.05, 4.69) is 56.1 Å². The Bertz CT molecular complexity index is 283. The lowest BCUT2D eigenvalue weighted by molar-refractivity contribution is -0.122. The summed E-state index contributed by atoms with van der Waals surface area (Å²) in [6.45, 7) is 19.5. The lowest BCUT2D eigenvalue weighted by atomic mass is 9.63. The molecular formula is C17H38NOP. The molecule has 0 fully saturated rings. The Morgan fingerprint density at radius 2 is 1.45 bits per heavy atom. The third kappa shape index (κ3) is 7.62. The average Bonchev–Trinajstić information content (AvgIpc) is 2.29. The van der Waals surface area contributed by atoms with Crippen LogP contribution in [0.3, 0.4) is 0 Å². The standard InChI is InChI=1S/C15H32NOP.C2H6/c1-8-10-13(3,4)14(5,6)11-15(7,18)16-12(17)9-2;1-2/h8-11,18H2,1-7H3,(H,16,17);1-2H3. The second-order valence-electron chi connectivity index (χ2n) is 7.01. The molecule has 20 heavy (non-hydrogen) atoms. The van der Waals surface area contributed by atoms with Crippen molar-refractivity contribution in [2.75, 3.05) is 0 Å². The Morgan fingerprint density at radius 3 is 1.80 bits per heavy atom. The van der Waals surface area contributed by atoms with Crippen molar-refractivity contribution in [1.82, 2.24) is 5.32 Å². The Morgan fingerprint density at radius 1 is 1.00 bits per heavy atom. The number of rotatable bonds is 7. The molecule has 0 aliphatic rings. The summed E-state index contributed by atoms with van der Waals surface area (Å²) < 4.78 is 0. The molecular weight excluding hydrogens is 265 g/mol. The summed E-state index contributed by atoms with van der Waals surface area (Å²) in [5.74, 6) is 0.122. The Kier molecular flexibility index (Phi) is 10.0. The largest absolute Gasteiger partial charge is 0.348 e. The van der Waals surface area contributed by atoms with Gasteiger partial charge in [-0.2, -0.15) is 0 Å². The minimum absolute atomic E-state index is 0.122. The number of carbonyl (C=O) groups is 1. The van der Waals surface area contributed by atoms with Crippen LogP contribution in [-0.4, -0.2) is 11.2 Å². The van der Waals surface area contributed by atoms with Gasteiger partial charge in [-0.1, -0.05) is 61.8 Å². The van der Waals surface area contributed by atoms with Gasteiger partial charge in [-0.3, -0.25) is 4.79 Å². The minimum Gasteiger partial charge on any atom is -0.348 e. The molecule has 0 saturated heterocycles. The lowest BCUT2D eigenvalue weighted by Crippen LogP contribution is -2.47. The van der Waals surface area contributed by atoms with Gasteiger partial charge in [0.1, 0.15) is 0 Å². The van der Waals surface area contributed by atoms with Crippen LogP contribution in [0.4, 0.5) is 0 Å². The van der Waals surface area contributed by atoms with Crippen LogP contribution < -0.4 is 5.32 Å². The number of nitrogens with one attached hydrogen (secondary N) is 1. The zero-order chi connectivity index (χ0) is 16.6. The molecule has 0 aliphatic heterocycles. The molecule has 1 amide bonds. The fourth-order valence-electron chi connectivity index (χ4n) is 2.57. The first kappa shape index (κ1) is 22.2. The summed E-state index contributed by atoms with van der Waals surface area (Å²) >= 11 is 0. The van der Waals surface area contributed by atoms with E-state index in [0.717, 1.165) is 6.42 Å². The maximum atomic E-state index is 11.6. The molecule has 3 heteroatoms. The Labute approximate surface area is 130 Å². The van der Waals surface area contributed by atoms with Crippen LogP contribution in [0.5, 0.6) is 0 Å². The Hall–Kier alpha value is -0.100. The summed E-state index contributed by atoms with van der Waals surface area (Å²) in [7, 11) is 2.81. The van der Waals surface area contributed by atoms with Crippen LogP contribution >= 0.6 is 9.24 Å². The summed E-state index contributed by atoms with van der Waals surface area (Å²) in [5, 5.41) is 2.88. The van der Waals surface area contributed by atoms with Crippen LogP contribution in [-0.2, 0) is 4.79 Å². The first-order valence-electron chi connectivity index (χ1n) is 8.07. The molecule has 0 heterocycles. The number of hydrogen-bond donors (Lipinski definition) is 1. The fraction of sp³-hybridized carbons (Fsp3) is 0.941. The molecule has 0 radical (unpaired) electrons. The molecule has 0 aliphatic carbocycles. The quantitative estimate of drug-likeness (QED) is 0.629. The van der Waals surface area contributed by atoms with E-state index in [-0.39, 0.29) is 22.0 Å². The highest BCUT2D eigenvalue weighted by molar-refractivity contribution is 7.18. The van der Waals surface area contributed by atoms with E-state index in [1.165, 1.54) is 12.8 Å². The van der Waals surface area contributed by atoms with E-state index < -0.39 is 0 Å². The smallest absolute Gasteiger partial charge is 0.220 e. The van der Waals surface area contributed by atoms with Gasteiger partial charge in [0.2, 0.25) is 5.91 Å². The third-order valence-electron chi connectivity index (χ3n) is 4.26. The normalized spacial score (nSPS) is 14.9. The van der Waals surface area contributed by atoms with Crippen LogP contribution in [0.1, 0.15) is 88.0 Å². The number of hydrogen-bond acceptors (Lipinski definition) is 1. The second-order valence-corrected chi connectivity index (χ2v) is 8.29. The molecule has 2 unspecified atom stereocenters. The fourth-order valence-corrected chi connectivity index (χ4v) is 3.24. The molecule has 2 atom stereocenters. The third-order valence-corrected chi connectivity index (χ3v) is 4.61. The van der Waals surface area contributed by atoms with Crippen molar-refractivity contribution >= 4 is 15.1 Å². The van der Waals surface area contributed by atoms with Gasteiger partial charge in [-0.25, -0.2) is 0 Å². The van der Waals surface area contributed by atoms with E-state index in [1.807, 2.05) is 20.8 Å². The summed E-state index contributed by atoms with van der Waals surface area (Å²) in [6.07, 6.45) is 3.92. The number of amides is 1. The van der Waals surface area contributed by atoms with Crippen molar-refractivity contribution < 1.29 is 4.79 Å². The van der Waals surface area contributed by atoms with Gasteiger partial charge in [-0.05, 0) is 30.6 Å². The molecule has 0 rings (SSSR count). The highest BCUT2D eigenvalue weighted by atomic mass is 31.0. The van der Waals surface area contributed by atoms with E-state index in [9.17, 15) is 4.79 Å². The highest BCUT2D eigenvalue weighted by Crippen LogP contribution is 2.48. The summed E-state index contributed by atoms with van der Waals surface area (Å²) in [5.41, 5.74) is 0.455. The van der Waals surface area contributed by atoms with Gasteiger partial charge < -0.3 is 5.32 Å². The predicted molar refractivity (Wildman–Crippen MR) is 95.0 cm³/mol. The van der Waals surface area contributed by atoms with Gasteiger partial charge in [0.25, 0.3) is 0 Å². The van der Waals surface area contributed by atoms with Crippen LogP contribution in [0.15, 0.2) is 0 Å². The van der Waals surface area contributed by atoms with Gasteiger partial charge in [0.15, 0.2) is 0 Å². The minimum atomic E-state index is -0.221. The molecule has 0 saturated carbocycles. The van der Waals surface area contributed by atoms with Crippen molar-refractivity contribution in [3.63, 3.8) is 0 Å². The second kappa shape index (κ2) is 9.03. The molecule has 0 spiro atoms. The van der Waals surface area contributed by atoms with E-state index in [4.69, 9.17) is 0 Å². The SMILES string of the molecule is CC.CCCC(C)(C)C(C)(C)CC(C)(P)NC(=O)CC. The maximum absolute atomic E-state index is 11.6. The molecule has 0 aromatic heterocycles.